The number of carboxylic acid groups (broad SMARTS) is 1. The van der Waals surface area contributed by atoms with Crippen LogP contribution in [0, 0.1) is 6.92 Å². The summed E-state index contributed by atoms with van der Waals surface area (Å²) in [4.78, 5) is 12.6. The molecular weight excluding hydrogens is 475 g/mol. The van der Waals surface area contributed by atoms with Gasteiger partial charge in [-0.15, -0.1) is 0 Å². The van der Waals surface area contributed by atoms with E-state index in [2.05, 4.69) is 4.72 Å². The molecule has 33 heavy (non-hydrogen) atoms. The van der Waals surface area contributed by atoms with Crippen LogP contribution in [0.15, 0.2) is 81.4 Å². The van der Waals surface area contributed by atoms with Crippen LogP contribution in [-0.4, -0.2) is 26.0 Å². The molecule has 5 nitrogen and oxygen atoms in total. The minimum absolute atomic E-state index is 0.0704. The van der Waals surface area contributed by atoms with Crippen molar-refractivity contribution in [3.63, 3.8) is 0 Å². The molecule has 0 radical (unpaired) electrons. The van der Waals surface area contributed by atoms with Gasteiger partial charge in [-0.05, 0) is 73.0 Å². The van der Waals surface area contributed by atoms with Gasteiger partial charge in [-0.2, -0.15) is 13.2 Å². The molecule has 0 aliphatic heterocycles. The first-order valence-corrected chi connectivity index (χ1v) is 12.0. The normalized spacial score (nSPS) is 12.0. The quantitative estimate of drug-likeness (QED) is 0.438. The molecule has 0 heterocycles. The highest BCUT2D eigenvalue weighted by atomic mass is 32.2. The van der Waals surface area contributed by atoms with Crippen molar-refractivity contribution in [2.75, 3.05) is 6.54 Å². The van der Waals surface area contributed by atoms with Crippen LogP contribution in [0.3, 0.4) is 0 Å². The van der Waals surface area contributed by atoms with E-state index in [1.807, 2.05) is 24.3 Å². The number of hydrogen-bond acceptors (Lipinski definition) is 4. The molecule has 174 valence electrons. The summed E-state index contributed by atoms with van der Waals surface area (Å²) in [5.41, 5.74) is 0.564. The Labute approximate surface area is 193 Å². The van der Waals surface area contributed by atoms with Gasteiger partial charge in [0.05, 0.1) is 16.0 Å². The van der Waals surface area contributed by atoms with Crippen LogP contribution < -0.4 is 4.72 Å². The summed E-state index contributed by atoms with van der Waals surface area (Å²) < 4.78 is 65.4. The van der Waals surface area contributed by atoms with E-state index < -0.39 is 27.7 Å². The fourth-order valence-electron chi connectivity index (χ4n) is 2.98. The van der Waals surface area contributed by atoms with E-state index in [1.54, 1.807) is 6.92 Å². The smallest absolute Gasteiger partial charge is 0.416 e. The van der Waals surface area contributed by atoms with Crippen molar-refractivity contribution in [1.82, 2.24) is 4.72 Å². The van der Waals surface area contributed by atoms with E-state index in [0.29, 0.717) is 16.9 Å². The Kier molecular flexibility index (Phi) is 7.51. The van der Waals surface area contributed by atoms with E-state index in [-0.39, 0.29) is 17.0 Å². The van der Waals surface area contributed by atoms with Crippen molar-refractivity contribution < 1.29 is 31.5 Å². The predicted molar refractivity (Wildman–Crippen MR) is 119 cm³/mol. The van der Waals surface area contributed by atoms with Crippen LogP contribution in [0.5, 0.6) is 0 Å². The van der Waals surface area contributed by atoms with E-state index in [9.17, 15) is 31.5 Å². The van der Waals surface area contributed by atoms with Crippen LogP contribution in [0.4, 0.5) is 13.2 Å². The van der Waals surface area contributed by atoms with E-state index >= 15 is 0 Å². The van der Waals surface area contributed by atoms with Crippen molar-refractivity contribution in [3.05, 3.63) is 89.0 Å². The Balaban J connectivity index is 1.57. The Morgan fingerprint density at radius 1 is 0.970 bits per heavy atom. The summed E-state index contributed by atoms with van der Waals surface area (Å²) in [5, 5.41) is 9.18. The average molecular weight is 496 g/mol. The standard InChI is InChI=1S/C23H20F3NO4S2/c1-15-2-11-20(14-21(15)22(28)29)33(30,31)27-13-12-16-3-7-18(8-4-16)32-19-9-5-17(6-10-19)23(24,25)26/h2-11,14,27H,12-13H2,1H3,(H,28,29). The van der Waals surface area contributed by atoms with Gasteiger partial charge >= 0.3 is 12.1 Å². The summed E-state index contributed by atoms with van der Waals surface area (Å²) in [5.74, 6) is -1.20. The highest BCUT2D eigenvalue weighted by Crippen LogP contribution is 2.33. The molecule has 0 atom stereocenters. The second kappa shape index (κ2) is 9.98. The van der Waals surface area contributed by atoms with E-state index in [0.717, 1.165) is 28.7 Å². The Morgan fingerprint density at radius 3 is 2.09 bits per heavy atom. The summed E-state index contributed by atoms with van der Waals surface area (Å²) in [7, 11) is -3.86. The minimum atomic E-state index is -4.37. The van der Waals surface area contributed by atoms with Gasteiger partial charge in [-0.1, -0.05) is 30.0 Å². The number of carbonyl (C=O) groups is 1. The van der Waals surface area contributed by atoms with Crippen molar-refractivity contribution in [1.29, 1.82) is 0 Å². The summed E-state index contributed by atoms with van der Waals surface area (Å²) in [6.45, 7) is 1.71. The van der Waals surface area contributed by atoms with Crippen molar-refractivity contribution in [2.45, 2.75) is 34.2 Å². The lowest BCUT2D eigenvalue weighted by molar-refractivity contribution is -0.137. The molecule has 0 aromatic heterocycles. The van der Waals surface area contributed by atoms with Crippen molar-refractivity contribution in [2.24, 2.45) is 0 Å². The van der Waals surface area contributed by atoms with Gasteiger partial charge in [0.2, 0.25) is 10.0 Å². The molecule has 0 fully saturated rings. The maximum absolute atomic E-state index is 12.7. The highest BCUT2D eigenvalue weighted by molar-refractivity contribution is 7.99. The second-order valence-corrected chi connectivity index (χ2v) is 10.1. The van der Waals surface area contributed by atoms with Crippen LogP contribution in [0.1, 0.15) is 27.0 Å². The monoisotopic (exact) mass is 495 g/mol. The number of nitrogens with one attached hydrogen (secondary N) is 1. The van der Waals surface area contributed by atoms with Crippen molar-refractivity contribution in [3.8, 4) is 0 Å². The number of rotatable bonds is 8. The summed E-state index contributed by atoms with van der Waals surface area (Å²) in [6, 6.07) is 16.1. The lowest BCUT2D eigenvalue weighted by Gasteiger charge is -2.10. The van der Waals surface area contributed by atoms with Crippen LogP contribution in [-0.2, 0) is 22.6 Å². The number of aromatic carboxylic acids is 1. The lowest BCUT2D eigenvalue weighted by Crippen LogP contribution is -2.26. The first-order chi connectivity index (χ1) is 15.5. The minimum Gasteiger partial charge on any atom is -0.478 e. The fraction of sp³-hybridized carbons (Fsp3) is 0.174. The Morgan fingerprint density at radius 2 is 1.55 bits per heavy atom. The molecule has 0 amide bonds. The SMILES string of the molecule is Cc1ccc(S(=O)(=O)NCCc2ccc(Sc3ccc(C(F)(F)F)cc3)cc2)cc1C(=O)O. The molecule has 10 heteroatoms. The second-order valence-electron chi connectivity index (χ2n) is 7.20. The molecule has 3 aromatic rings. The Bertz CT molecular complexity index is 1240. The van der Waals surface area contributed by atoms with Gasteiger partial charge in [-0.3, -0.25) is 0 Å². The Hall–Kier alpha value is -2.82. The first-order valence-electron chi connectivity index (χ1n) is 9.73. The maximum atomic E-state index is 12.7. The zero-order chi connectivity index (χ0) is 24.2. The topological polar surface area (TPSA) is 83.5 Å². The van der Waals surface area contributed by atoms with Gasteiger partial charge in [0, 0.05) is 16.3 Å². The zero-order valence-corrected chi connectivity index (χ0v) is 19.0. The van der Waals surface area contributed by atoms with Gasteiger partial charge in [0.25, 0.3) is 0 Å². The number of hydrogen-bond donors (Lipinski definition) is 2. The van der Waals surface area contributed by atoms with E-state index in [4.69, 9.17) is 0 Å². The van der Waals surface area contributed by atoms with Gasteiger partial charge in [-0.25, -0.2) is 17.9 Å². The fourth-order valence-corrected chi connectivity index (χ4v) is 4.86. The third-order valence-corrected chi connectivity index (χ3v) is 7.27. The molecule has 0 bridgehead atoms. The maximum Gasteiger partial charge on any atom is 0.416 e. The lowest BCUT2D eigenvalue weighted by atomic mass is 10.1. The molecule has 0 spiro atoms. The number of halogens is 3. The zero-order valence-electron chi connectivity index (χ0n) is 17.4. The molecular formula is C23H20F3NO4S2. The molecule has 3 aromatic carbocycles. The van der Waals surface area contributed by atoms with Crippen LogP contribution in [0.2, 0.25) is 0 Å². The number of sulfonamides is 1. The van der Waals surface area contributed by atoms with Gasteiger partial charge in [0.1, 0.15) is 0 Å². The summed E-state index contributed by atoms with van der Waals surface area (Å²) in [6.07, 6.45) is -3.97. The van der Waals surface area contributed by atoms with Crippen molar-refractivity contribution >= 4 is 27.8 Å². The molecule has 3 rings (SSSR count). The third-order valence-electron chi connectivity index (χ3n) is 4.80. The van der Waals surface area contributed by atoms with Gasteiger partial charge < -0.3 is 5.11 Å². The molecule has 2 N–H and O–H groups in total. The molecule has 0 unspecified atom stereocenters. The van der Waals surface area contributed by atoms with Crippen LogP contribution >= 0.6 is 11.8 Å². The van der Waals surface area contributed by atoms with E-state index in [1.165, 1.54) is 36.0 Å². The summed E-state index contributed by atoms with van der Waals surface area (Å²) >= 11 is 1.32. The number of aryl methyl sites for hydroxylation is 1. The molecule has 0 saturated carbocycles. The molecule has 0 aliphatic carbocycles. The largest absolute Gasteiger partial charge is 0.478 e. The number of benzene rings is 3. The number of alkyl halides is 3. The first kappa shape index (κ1) is 24.8. The third kappa shape index (κ3) is 6.59. The van der Waals surface area contributed by atoms with Gasteiger partial charge in [0.15, 0.2) is 0 Å². The van der Waals surface area contributed by atoms with Crippen LogP contribution in [0.25, 0.3) is 0 Å². The molecule has 0 saturated heterocycles. The highest BCUT2D eigenvalue weighted by Gasteiger charge is 2.29. The number of carboxylic acids is 1. The average Bonchev–Trinajstić information content (AvgIpc) is 2.74. The molecule has 0 aliphatic rings. The predicted octanol–water partition coefficient (Wildman–Crippen LogP) is 5.38.